The van der Waals surface area contributed by atoms with E-state index in [9.17, 15) is 0 Å². The molecule has 96 valence electrons. The second-order valence-electron chi connectivity index (χ2n) is 4.90. The van der Waals surface area contributed by atoms with Crippen LogP contribution in [0.3, 0.4) is 0 Å². The summed E-state index contributed by atoms with van der Waals surface area (Å²) in [7, 11) is 1.70. The highest BCUT2D eigenvalue weighted by molar-refractivity contribution is 4.84. The number of ether oxygens (including phenoxy) is 2. The molecule has 1 rings (SSSR count). The van der Waals surface area contributed by atoms with Gasteiger partial charge in [-0.25, -0.2) is 0 Å². The molecule has 0 aliphatic carbocycles. The molecule has 4 nitrogen and oxygen atoms in total. The first-order valence-corrected chi connectivity index (χ1v) is 6.13. The SMILES string of the molecule is COCC(C)(CCO)NCC1CCOCC1. The molecule has 0 saturated carbocycles. The summed E-state index contributed by atoms with van der Waals surface area (Å²) in [6, 6.07) is 0. The highest BCUT2D eigenvalue weighted by Gasteiger charge is 2.24. The van der Waals surface area contributed by atoms with Crippen molar-refractivity contribution in [3.05, 3.63) is 0 Å². The molecule has 1 fully saturated rings. The van der Waals surface area contributed by atoms with Crippen molar-refractivity contribution in [1.82, 2.24) is 5.32 Å². The number of rotatable bonds is 7. The first-order chi connectivity index (χ1) is 7.70. The van der Waals surface area contributed by atoms with Crippen LogP contribution >= 0.6 is 0 Å². The Morgan fingerprint density at radius 1 is 1.44 bits per heavy atom. The van der Waals surface area contributed by atoms with Crippen molar-refractivity contribution in [2.24, 2.45) is 5.92 Å². The minimum Gasteiger partial charge on any atom is -0.396 e. The van der Waals surface area contributed by atoms with E-state index in [1.165, 1.54) is 0 Å². The second kappa shape index (κ2) is 7.22. The summed E-state index contributed by atoms with van der Waals surface area (Å²) in [4.78, 5) is 0. The number of nitrogens with one attached hydrogen (secondary N) is 1. The number of hydrogen-bond acceptors (Lipinski definition) is 4. The molecular weight excluding hydrogens is 206 g/mol. The average molecular weight is 231 g/mol. The lowest BCUT2D eigenvalue weighted by molar-refractivity contribution is 0.0549. The van der Waals surface area contributed by atoms with Gasteiger partial charge in [0.2, 0.25) is 0 Å². The molecule has 0 aromatic carbocycles. The van der Waals surface area contributed by atoms with E-state index in [-0.39, 0.29) is 12.1 Å². The molecule has 1 aliphatic rings. The van der Waals surface area contributed by atoms with Gasteiger partial charge in [0.1, 0.15) is 0 Å². The first kappa shape index (κ1) is 13.9. The number of methoxy groups -OCH3 is 1. The predicted molar refractivity (Wildman–Crippen MR) is 63.5 cm³/mol. The normalized spacial score (nSPS) is 21.9. The van der Waals surface area contributed by atoms with Crippen LogP contribution in [0.5, 0.6) is 0 Å². The molecule has 1 saturated heterocycles. The van der Waals surface area contributed by atoms with Gasteiger partial charge in [-0.1, -0.05) is 0 Å². The molecule has 1 heterocycles. The minimum atomic E-state index is -0.109. The topological polar surface area (TPSA) is 50.7 Å². The van der Waals surface area contributed by atoms with Crippen molar-refractivity contribution in [3.8, 4) is 0 Å². The Labute approximate surface area is 98.3 Å². The number of aliphatic hydroxyl groups is 1. The van der Waals surface area contributed by atoms with Gasteiger partial charge in [-0.15, -0.1) is 0 Å². The van der Waals surface area contributed by atoms with E-state index in [4.69, 9.17) is 14.6 Å². The van der Waals surface area contributed by atoms with Crippen LogP contribution in [0.25, 0.3) is 0 Å². The maximum atomic E-state index is 9.05. The number of aliphatic hydroxyl groups excluding tert-OH is 1. The van der Waals surface area contributed by atoms with Crippen LogP contribution in [-0.2, 0) is 9.47 Å². The van der Waals surface area contributed by atoms with Crippen molar-refractivity contribution in [3.63, 3.8) is 0 Å². The maximum Gasteiger partial charge on any atom is 0.0642 e. The van der Waals surface area contributed by atoms with Gasteiger partial charge in [0.25, 0.3) is 0 Å². The Morgan fingerprint density at radius 3 is 2.69 bits per heavy atom. The molecule has 1 unspecified atom stereocenters. The summed E-state index contributed by atoms with van der Waals surface area (Å²) in [5.74, 6) is 0.698. The van der Waals surface area contributed by atoms with E-state index in [0.29, 0.717) is 12.5 Å². The van der Waals surface area contributed by atoms with Gasteiger partial charge < -0.3 is 19.9 Å². The molecule has 0 amide bonds. The molecular formula is C12H25NO3. The predicted octanol–water partition coefficient (Wildman–Crippen LogP) is 0.790. The van der Waals surface area contributed by atoms with E-state index in [0.717, 1.165) is 39.0 Å². The highest BCUT2D eigenvalue weighted by atomic mass is 16.5. The summed E-state index contributed by atoms with van der Waals surface area (Å²) in [5, 5.41) is 12.6. The average Bonchev–Trinajstić information content (AvgIpc) is 2.29. The number of hydrogen-bond donors (Lipinski definition) is 2. The summed E-state index contributed by atoms with van der Waals surface area (Å²) >= 11 is 0. The summed E-state index contributed by atoms with van der Waals surface area (Å²) in [6.45, 7) is 5.69. The lowest BCUT2D eigenvalue weighted by atomic mass is 9.95. The molecule has 0 aromatic heterocycles. The van der Waals surface area contributed by atoms with Crippen LogP contribution in [-0.4, -0.2) is 50.7 Å². The molecule has 0 spiro atoms. The van der Waals surface area contributed by atoms with Crippen LogP contribution < -0.4 is 5.32 Å². The van der Waals surface area contributed by atoms with E-state index in [1.54, 1.807) is 7.11 Å². The molecule has 16 heavy (non-hydrogen) atoms. The Morgan fingerprint density at radius 2 is 2.12 bits per heavy atom. The molecule has 1 aliphatic heterocycles. The van der Waals surface area contributed by atoms with E-state index in [1.807, 2.05) is 0 Å². The fourth-order valence-electron chi connectivity index (χ4n) is 2.12. The summed E-state index contributed by atoms with van der Waals surface area (Å²) < 4.78 is 10.5. The maximum absolute atomic E-state index is 9.05. The zero-order valence-corrected chi connectivity index (χ0v) is 10.5. The highest BCUT2D eigenvalue weighted by Crippen LogP contribution is 2.16. The van der Waals surface area contributed by atoms with Crippen LogP contribution in [0.4, 0.5) is 0 Å². The van der Waals surface area contributed by atoms with Gasteiger partial charge in [0.05, 0.1) is 6.61 Å². The lowest BCUT2D eigenvalue weighted by Crippen LogP contribution is -2.49. The second-order valence-corrected chi connectivity index (χ2v) is 4.90. The third-order valence-corrected chi connectivity index (χ3v) is 3.28. The Kier molecular flexibility index (Phi) is 6.28. The molecule has 4 heteroatoms. The van der Waals surface area contributed by atoms with Crippen LogP contribution in [0.2, 0.25) is 0 Å². The van der Waals surface area contributed by atoms with Crippen molar-refractivity contribution >= 4 is 0 Å². The molecule has 0 bridgehead atoms. The largest absolute Gasteiger partial charge is 0.396 e. The van der Waals surface area contributed by atoms with Gasteiger partial charge in [0.15, 0.2) is 0 Å². The van der Waals surface area contributed by atoms with Crippen LogP contribution in [0.15, 0.2) is 0 Å². The zero-order valence-electron chi connectivity index (χ0n) is 10.5. The first-order valence-electron chi connectivity index (χ1n) is 6.13. The Bertz CT molecular complexity index is 175. The van der Waals surface area contributed by atoms with Crippen LogP contribution in [0, 0.1) is 5.92 Å². The van der Waals surface area contributed by atoms with Crippen molar-refractivity contribution < 1.29 is 14.6 Å². The van der Waals surface area contributed by atoms with Gasteiger partial charge >= 0.3 is 0 Å². The Balaban J connectivity index is 2.30. The quantitative estimate of drug-likeness (QED) is 0.680. The fourth-order valence-corrected chi connectivity index (χ4v) is 2.12. The monoisotopic (exact) mass is 231 g/mol. The summed E-state index contributed by atoms with van der Waals surface area (Å²) in [6.07, 6.45) is 2.99. The van der Waals surface area contributed by atoms with Crippen molar-refractivity contribution in [2.75, 3.05) is 40.1 Å². The van der Waals surface area contributed by atoms with Gasteiger partial charge in [-0.3, -0.25) is 0 Å². The molecule has 0 radical (unpaired) electrons. The van der Waals surface area contributed by atoms with E-state index < -0.39 is 0 Å². The van der Waals surface area contributed by atoms with Gasteiger partial charge in [-0.05, 0) is 38.6 Å². The Hall–Kier alpha value is -0.160. The lowest BCUT2D eigenvalue weighted by Gasteiger charge is -2.32. The molecule has 0 aromatic rings. The molecule has 2 N–H and O–H groups in total. The fraction of sp³-hybridized carbons (Fsp3) is 1.00. The van der Waals surface area contributed by atoms with Gasteiger partial charge in [0, 0.05) is 32.5 Å². The smallest absolute Gasteiger partial charge is 0.0642 e. The molecule has 1 atom stereocenters. The van der Waals surface area contributed by atoms with Crippen molar-refractivity contribution in [2.45, 2.75) is 31.7 Å². The van der Waals surface area contributed by atoms with Crippen molar-refractivity contribution in [1.29, 1.82) is 0 Å². The van der Waals surface area contributed by atoms with Gasteiger partial charge in [-0.2, -0.15) is 0 Å². The van der Waals surface area contributed by atoms with E-state index >= 15 is 0 Å². The standard InChI is InChI=1S/C12H25NO3/c1-12(5-6-14,10-15-2)13-9-11-3-7-16-8-4-11/h11,13-14H,3-10H2,1-2H3. The van der Waals surface area contributed by atoms with Crippen LogP contribution in [0.1, 0.15) is 26.2 Å². The minimum absolute atomic E-state index is 0.109. The zero-order chi connectivity index (χ0) is 11.9. The third-order valence-electron chi connectivity index (χ3n) is 3.28. The van der Waals surface area contributed by atoms with E-state index in [2.05, 4.69) is 12.2 Å². The summed E-state index contributed by atoms with van der Waals surface area (Å²) in [5.41, 5.74) is -0.109. The third kappa shape index (κ3) is 4.78.